The smallest absolute Gasteiger partial charge is 0.149 e. The maximum Gasteiger partial charge on any atom is 0.149 e. The summed E-state index contributed by atoms with van der Waals surface area (Å²) in [6.45, 7) is 5.64. The number of nitrogens with one attached hydrogen (secondary N) is 1. The van der Waals surface area contributed by atoms with Gasteiger partial charge in [0.1, 0.15) is 11.6 Å². The lowest BCUT2D eigenvalue weighted by molar-refractivity contribution is 0.864. The molecule has 2 heterocycles. The normalized spacial score (nSPS) is 10.4. The Morgan fingerprint density at radius 2 is 2.17 bits per heavy atom. The van der Waals surface area contributed by atoms with Crippen LogP contribution in [0.3, 0.4) is 0 Å². The van der Waals surface area contributed by atoms with Crippen LogP contribution in [0.25, 0.3) is 0 Å². The van der Waals surface area contributed by atoms with Crippen LogP contribution in [0.15, 0.2) is 17.8 Å². The largest absolute Gasteiger partial charge is 0.369 e. The number of aromatic nitrogens is 3. The van der Waals surface area contributed by atoms with Crippen LogP contribution in [0.1, 0.15) is 17.6 Å². The number of thiazole rings is 1. The first-order valence-corrected chi connectivity index (χ1v) is 6.75. The molecule has 96 valence electrons. The van der Waals surface area contributed by atoms with Crippen molar-refractivity contribution >= 4 is 23.0 Å². The third-order valence-corrected chi connectivity index (χ3v) is 3.26. The van der Waals surface area contributed by atoms with Crippen molar-refractivity contribution in [3.63, 3.8) is 0 Å². The van der Waals surface area contributed by atoms with Crippen LogP contribution >= 0.6 is 11.3 Å². The highest BCUT2D eigenvalue weighted by atomic mass is 32.1. The van der Waals surface area contributed by atoms with E-state index in [-0.39, 0.29) is 0 Å². The third-order valence-electron chi connectivity index (χ3n) is 2.44. The summed E-state index contributed by atoms with van der Waals surface area (Å²) >= 11 is 1.67. The minimum atomic E-state index is 0.745. The molecule has 0 amide bonds. The molecule has 0 bridgehead atoms. The summed E-state index contributed by atoms with van der Waals surface area (Å²) in [5.74, 6) is 1.65. The number of hydrogen-bond donors (Lipinski definition) is 1. The zero-order valence-corrected chi connectivity index (χ0v) is 11.7. The third kappa shape index (κ3) is 3.16. The summed E-state index contributed by atoms with van der Waals surface area (Å²) in [5.41, 5.74) is 1.07. The summed E-state index contributed by atoms with van der Waals surface area (Å²) in [7, 11) is 1.99. The van der Waals surface area contributed by atoms with Crippen molar-refractivity contribution in [2.75, 3.05) is 23.8 Å². The van der Waals surface area contributed by atoms with Crippen LogP contribution in [-0.2, 0) is 6.54 Å². The summed E-state index contributed by atoms with van der Waals surface area (Å²) in [5, 5.41) is 6.32. The zero-order valence-electron chi connectivity index (χ0n) is 10.8. The summed E-state index contributed by atoms with van der Waals surface area (Å²) in [4.78, 5) is 15.2. The number of hydrogen-bond acceptors (Lipinski definition) is 6. The molecule has 18 heavy (non-hydrogen) atoms. The van der Waals surface area contributed by atoms with Crippen LogP contribution in [0.5, 0.6) is 0 Å². The fourth-order valence-electron chi connectivity index (χ4n) is 1.61. The molecular weight excluding hydrogens is 246 g/mol. The molecule has 2 aromatic rings. The van der Waals surface area contributed by atoms with Crippen molar-refractivity contribution in [1.29, 1.82) is 0 Å². The molecule has 0 aliphatic rings. The van der Waals surface area contributed by atoms with Gasteiger partial charge in [0.15, 0.2) is 0 Å². The van der Waals surface area contributed by atoms with E-state index in [1.54, 1.807) is 23.7 Å². The van der Waals surface area contributed by atoms with Crippen LogP contribution in [-0.4, -0.2) is 28.5 Å². The van der Waals surface area contributed by atoms with E-state index in [9.17, 15) is 0 Å². The molecule has 0 unspecified atom stereocenters. The highest BCUT2D eigenvalue weighted by Crippen LogP contribution is 2.15. The Bertz CT molecular complexity index is 511. The van der Waals surface area contributed by atoms with E-state index < -0.39 is 0 Å². The lowest BCUT2D eigenvalue weighted by atomic mass is 10.4. The molecule has 5 nitrogen and oxygen atoms in total. The number of nitrogens with zero attached hydrogens (tertiary/aromatic N) is 4. The van der Waals surface area contributed by atoms with E-state index in [4.69, 9.17) is 0 Å². The van der Waals surface area contributed by atoms with E-state index in [2.05, 4.69) is 25.6 Å². The molecule has 2 rings (SSSR count). The maximum atomic E-state index is 4.49. The van der Waals surface area contributed by atoms with E-state index >= 15 is 0 Å². The predicted octanol–water partition coefficient (Wildman–Crippen LogP) is 2.31. The molecule has 0 spiro atoms. The quantitative estimate of drug-likeness (QED) is 0.897. The molecule has 1 N–H and O–H groups in total. The number of rotatable bonds is 5. The minimum Gasteiger partial charge on any atom is -0.369 e. The zero-order chi connectivity index (χ0) is 13.0. The maximum absolute atomic E-state index is 4.49. The monoisotopic (exact) mass is 263 g/mol. The van der Waals surface area contributed by atoms with Crippen molar-refractivity contribution in [1.82, 2.24) is 15.0 Å². The molecule has 0 aromatic carbocycles. The van der Waals surface area contributed by atoms with Gasteiger partial charge in [-0.25, -0.2) is 9.97 Å². The lowest BCUT2D eigenvalue weighted by Crippen LogP contribution is -2.18. The summed E-state index contributed by atoms with van der Waals surface area (Å²) in [6.07, 6.45) is 3.49. The van der Waals surface area contributed by atoms with E-state index in [0.29, 0.717) is 0 Å². The molecule has 2 aromatic heterocycles. The summed E-state index contributed by atoms with van der Waals surface area (Å²) in [6, 6.07) is 0. The van der Waals surface area contributed by atoms with Gasteiger partial charge in [-0.1, -0.05) is 0 Å². The molecule has 0 aliphatic heterocycles. The number of aryl methyl sites for hydroxylation is 1. The van der Waals surface area contributed by atoms with Crippen molar-refractivity contribution in [3.8, 4) is 0 Å². The molecule has 0 saturated heterocycles. The van der Waals surface area contributed by atoms with Gasteiger partial charge < -0.3 is 10.2 Å². The van der Waals surface area contributed by atoms with Gasteiger partial charge in [-0.15, -0.1) is 11.3 Å². The predicted molar refractivity (Wildman–Crippen MR) is 75.2 cm³/mol. The molecule has 0 radical (unpaired) electrons. The molecule has 0 aliphatic carbocycles. The lowest BCUT2D eigenvalue weighted by Gasteiger charge is -2.17. The van der Waals surface area contributed by atoms with Gasteiger partial charge >= 0.3 is 0 Å². The first-order chi connectivity index (χ1) is 8.69. The average Bonchev–Trinajstić information content (AvgIpc) is 2.75. The van der Waals surface area contributed by atoms with E-state index in [1.807, 2.05) is 25.8 Å². The Morgan fingerprint density at radius 1 is 1.33 bits per heavy atom. The van der Waals surface area contributed by atoms with Crippen molar-refractivity contribution in [3.05, 3.63) is 28.5 Å². The first kappa shape index (κ1) is 12.8. The Morgan fingerprint density at radius 3 is 2.83 bits per heavy atom. The molecule has 6 heteroatoms. The Balaban J connectivity index is 2.08. The van der Waals surface area contributed by atoms with Crippen molar-refractivity contribution in [2.24, 2.45) is 0 Å². The highest BCUT2D eigenvalue weighted by molar-refractivity contribution is 7.09. The van der Waals surface area contributed by atoms with E-state index in [0.717, 1.165) is 35.4 Å². The second-order valence-corrected chi connectivity index (χ2v) is 5.07. The summed E-state index contributed by atoms with van der Waals surface area (Å²) < 4.78 is 0. The highest BCUT2D eigenvalue weighted by Gasteiger charge is 2.07. The second-order valence-electron chi connectivity index (χ2n) is 4.01. The Hall–Kier alpha value is -1.69. The van der Waals surface area contributed by atoms with Crippen molar-refractivity contribution < 1.29 is 0 Å². The fourth-order valence-corrected chi connectivity index (χ4v) is 2.21. The molecule has 0 atom stereocenters. The van der Waals surface area contributed by atoms with E-state index in [1.165, 1.54) is 0 Å². The molecule has 0 fully saturated rings. The number of anilines is 2. The van der Waals surface area contributed by atoms with Gasteiger partial charge in [-0.05, 0) is 13.8 Å². The standard InChI is InChI=1S/C12H17N5S/c1-4-14-11-5-13-6-12(16-11)17(3)7-10-8-18-9(2)15-10/h5-6,8H,4,7H2,1-3H3,(H,14,16). The van der Waals surface area contributed by atoms with Gasteiger partial charge in [-0.2, -0.15) is 0 Å². The minimum absolute atomic E-state index is 0.745. The topological polar surface area (TPSA) is 53.9 Å². The SMILES string of the molecule is CCNc1cncc(N(C)Cc2csc(C)n2)n1. The van der Waals surface area contributed by atoms with Crippen LogP contribution in [0, 0.1) is 6.92 Å². The first-order valence-electron chi connectivity index (χ1n) is 5.87. The van der Waals surface area contributed by atoms with Gasteiger partial charge in [-0.3, -0.25) is 4.98 Å². The Labute approximate surface area is 111 Å². The van der Waals surface area contributed by atoms with Gasteiger partial charge in [0.05, 0.1) is 29.6 Å². The van der Waals surface area contributed by atoms with Crippen LogP contribution in [0.4, 0.5) is 11.6 Å². The fraction of sp³-hybridized carbons (Fsp3) is 0.417. The van der Waals surface area contributed by atoms with Crippen LogP contribution in [0.2, 0.25) is 0 Å². The molecular formula is C12H17N5S. The van der Waals surface area contributed by atoms with Crippen molar-refractivity contribution in [2.45, 2.75) is 20.4 Å². The Kier molecular flexibility index (Phi) is 4.09. The van der Waals surface area contributed by atoms with Gasteiger partial charge in [0.25, 0.3) is 0 Å². The van der Waals surface area contributed by atoms with Gasteiger partial charge in [0, 0.05) is 19.0 Å². The molecule has 0 saturated carbocycles. The average molecular weight is 263 g/mol. The van der Waals surface area contributed by atoms with Gasteiger partial charge in [0.2, 0.25) is 0 Å². The van der Waals surface area contributed by atoms with Crippen LogP contribution < -0.4 is 10.2 Å². The second kappa shape index (κ2) is 5.77.